The Balaban J connectivity index is 2.47. The third-order valence-corrected chi connectivity index (χ3v) is 3.08. The number of benzene rings is 2. The maximum absolute atomic E-state index is 10.9. The first-order chi connectivity index (χ1) is 8.99. The van der Waals surface area contributed by atoms with E-state index >= 15 is 0 Å². The van der Waals surface area contributed by atoms with Crippen molar-refractivity contribution in [1.82, 2.24) is 0 Å². The number of para-hydroxylation sites is 1. The van der Waals surface area contributed by atoms with E-state index in [0.29, 0.717) is 0 Å². The molecule has 0 bridgehead atoms. The van der Waals surface area contributed by atoms with Crippen molar-refractivity contribution < 1.29 is 9.66 Å². The predicted molar refractivity (Wildman–Crippen MR) is 74.6 cm³/mol. The van der Waals surface area contributed by atoms with Crippen molar-refractivity contribution in [2.45, 2.75) is 0 Å². The maximum atomic E-state index is 10.9. The molecule has 2 aromatic carbocycles. The molecule has 2 aromatic rings. The van der Waals surface area contributed by atoms with Gasteiger partial charge in [0.15, 0.2) is 5.75 Å². The number of nitrogens with zero attached hydrogens (tertiary/aromatic N) is 1. The third-order valence-electron chi connectivity index (χ3n) is 2.25. The largest absolute Gasteiger partial charge is 0.447 e. The second-order valence-corrected chi connectivity index (χ2v) is 4.77. The SMILES string of the molecule is O=[N+]([O-])c1cc(Cl)ccc1Oc1c(Cl)cccc1Cl. The number of rotatable bonds is 3. The monoisotopic (exact) mass is 317 g/mol. The number of ether oxygens (including phenoxy) is 1. The molecule has 0 amide bonds. The second-order valence-electron chi connectivity index (χ2n) is 3.52. The normalized spacial score (nSPS) is 10.3. The average Bonchev–Trinajstić information content (AvgIpc) is 2.35. The van der Waals surface area contributed by atoms with Crippen molar-refractivity contribution in [3.63, 3.8) is 0 Å². The molecule has 0 unspecified atom stereocenters. The first kappa shape index (κ1) is 13.9. The van der Waals surface area contributed by atoms with Crippen LogP contribution >= 0.6 is 34.8 Å². The second kappa shape index (κ2) is 5.65. The molecule has 0 aliphatic heterocycles. The van der Waals surface area contributed by atoms with Gasteiger partial charge in [0, 0.05) is 11.1 Å². The minimum Gasteiger partial charge on any atom is -0.447 e. The molecule has 0 aliphatic rings. The Morgan fingerprint density at radius 3 is 2.26 bits per heavy atom. The van der Waals surface area contributed by atoms with Gasteiger partial charge in [-0.2, -0.15) is 0 Å². The fraction of sp³-hybridized carbons (Fsp3) is 0. The molecule has 0 aromatic heterocycles. The van der Waals surface area contributed by atoms with Crippen LogP contribution in [-0.4, -0.2) is 4.92 Å². The molecule has 0 saturated heterocycles. The van der Waals surface area contributed by atoms with Crippen molar-refractivity contribution in [2.24, 2.45) is 0 Å². The predicted octanol–water partition coefficient (Wildman–Crippen LogP) is 5.35. The topological polar surface area (TPSA) is 52.4 Å². The highest BCUT2D eigenvalue weighted by Crippen LogP contribution is 2.39. The van der Waals surface area contributed by atoms with E-state index in [1.807, 2.05) is 0 Å². The van der Waals surface area contributed by atoms with E-state index in [1.165, 1.54) is 18.2 Å². The molecule has 2 rings (SSSR count). The molecule has 0 saturated carbocycles. The summed E-state index contributed by atoms with van der Waals surface area (Å²) >= 11 is 17.6. The summed E-state index contributed by atoms with van der Waals surface area (Å²) in [4.78, 5) is 10.3. The van der Waals surface area contributed by atoms with E-state index < -0.39 is 4.92 Å². The van der Waals surface area contributed by atoms with Gasteiger partial charge in [0.2, 0.25) is 5.75 Å². The van der Waals surface area contributed by atoms with Gasteiger partial charge >= 0.3 is 5.69 Å². The van der Waals surface area contributed by atoms with E-state index in [0.717, 1.165) is 0 Å². The molecule has 7 heteroatoms. The van der Waals surface area contributed by atoms with E-state index in [9.17, 15) is 10.1 Å². The molecule has 0 atom stereocenters. The molecule has 4 nitrogen and oxygen atoms in total. The molecule has 0 spiro atoms. The lowest BCUT2D eigenvalue weighted by Gasteiger charge is -2.09. The lowest BCUT2D eigenvalue weighted by molar-refractivity contribution is -0.385. The fourth-order valence-electron chi connectivity index (χ4n) is 1.41. The lowest BCUT2D eigenvalue weighted by Crippen LogP contribution is -1.94. The van der Waals surface area contributed by atoms with Crippen LogP contribution in [0.25, 0.3) is 0 Å². The van der Waals surface area contributed by atoms with Crippen LogP contribution in [0.1, 0.15) is 0 Å². The number of nitro benzene ring substituents is 1. The zero-order valence-electron chi connectivity index (χ0n) is 9.27. The van der Waals surface area contributed by atoms with Crippen LogP contribution in [0.2, 0.25) is 15.1 Å². The zero-order chi connectivity index (χ0) is 14.0. The highest BCUT2D eigenvalue weighted by molar-refractivity contribution is 6.37. The van der Waals surface area contributed by atoms with Crippen LogP contribution in [0.15, 0.2) is 36.4 Å². The van der Waals surface area contributed by atoms with Crippen molar-refractivity contribution in [3.05, 3.63) is 61.6 Å². The van der Waals surface area contributed by atoms with Crippen molar-refractivity contribution in [2.75, 3.05) is 0 Å². The first-order valence-electron chi connectivity index (χ1n) is 5.05. The number of halogens is 3. The summed E-state index contributed by atoms with van der Waals surface area (Å²) in [6.07, 6.45) is 0. The standard InChI is InChI=1S/C12H6Cl3NO3/c13-7-4-5-11(10(6-7)16(17)18)19-12-8(14)2-1-3-9(12)15/h1-6H. The van der Waals surface area contributed by atoms with E-state index in [4.69, 9.17) is 39.5 Å². The molecular weight excluding hydrogens is 312 g/mol. The van der Waals surface area contributed by atoms with Crippen molar-refractivity contribution in [3.8, 4) is 11.5 Å². The van der Waals surface area contributed by atoms with Crippen LogP contribution in [0.5, 0.6) is 11.5 Å². The molecular formula is C12H6Cl3NO3. The summed E-state index contributed by atoms with van der Waals surface area (Å²) in [5, 5.41) is 11.7. The third kappa shape index (κ3) is 3.10. The van der Waals surface area contributed by atoms with E-state index in [-0.39, 0.29) is 32.3 Å². The van der Waals surface area contributed by atoms with Gasteiger partial charge in [-0.05, 0) is 24.3 Å². The molecule has 0 N–H and O–H groups in total. The molecule has 0 aliphatic carbocycles. The minimum atomic E-state index is -0.591. The Labute approximate surface area is 123 Å². The average molecular weight is 319 g/mol. The molecule has 0 heterocycles. The Hall–Kier alpha value is -1.49. The Morgan fingerprint density at radius 1 is 1.05 bits per heavy atom. The summed E-state index contributed by atoms with van der Waals surface area (Å²) in [6, 6.07) is 8.86. The minimum absolute atomic E-state index is 0.0180. The van der Waals surface area contributed by atoms with Gasteiger partial charge in [-0.3, -0.25) is 10.1 Å². The van der Waals surface area contributed by atoms with Gasteiger partial charge in [-0.1, -0.05) is 40.9 Å². The van der Waals surface area contributed by atoms with E-state index in [2.05, 4.69) is 0 Å². The van der Waals surface area contributed by atoms with E-state index in [1.54, 1.807) is 18.2 Å². The van der Waals surface area contributed by atoms with Crippen LogP contribution < -0.4 is 4.74 Å². The summed E-state index contributed by atoms with van der Waals surface area (Å²) in [6.45, 7) is 0. The van der Waals surface area contributed by atoms with Crippen LogP contribution in [0.4, 0.5) is 5.69 Å². The van der Waals surface area contributed by atoms with Crippen molar-refractivity contribution in [1.29, 1.82) is 0 Å². The summed E-state index contributed by atoms with van der Waals surface area (Å²) < 4.78 is 5.42. The number of hydrogen-bond donors (Lipinski definition) is 0. The number of hydrogen-bond acceptors (Lipinski definition) is 3. The Bertz CT molecular complexity index is 626. The van der Waals surface area contributed by atoms with Gasteiger partial charge in [0.25, 0.3) is 0 Å². The van der Waals surface area contributed by atoms with Crippen LogP contribution in [0, 0.1) is 10.1 Å². The Morgan fingerprint density at radius 2 is 1.68 bits per heavy atom. The molecule has 19 heavy (non-hydrogen) atoms. The van der Waals surface area contributed by atoms with Gasteiger partial charge in [-0.25, -0.2) is 0 Å². The van der Waals surface area contributed by atoms with Gasteiger partial charge in [0.05, 0.1) is 15.0 Å². The smallest absolute Gasteiger partial charge is 0.313 e. The van der Waals surface area contributed by atoms with Gasteiger partial charge < -0.3 is 4.74 Å². The highest BCUT2D eigenvalue weighted by atomic mass is 35.5. The summed E-state index contributed by atoms with van der Waals surface area (Å²) in [5.41, 5.74) is -0.261. The summed E-state index contributed by atoms with van der Waals surface area (Å²) in [7, 11) is 0. The van der Waals surface area contributed by atoms with Crippen LogP contribution in [-0.2, 0) is 0 Å². The first-order valence-corrected chi connectivity index (χ1v) is 6.18. The zero-order valence-corrected chi connectivity index (χ0v) is 11.5. The van der Waals surface area contributed by atoms with Gasteiger partial charge in [0.1, 0.15) is 0 Å². The summed E-state index contributed by atoms with van der Waals surface area (Å²) in [5.74, 6) is 0.181. The molecule has 0 fully saturated rings. The highest BCUT2D eigenvalue weighted by Gasteiger charge is 2.18. The van der Waals surface area contributed by atoms with Crippen LogP contribution in [0.3, 0.4) is 0 Å². The Kier molecular flexibility index (Phi) is 4.14. The number of nitro groups is 1. The molecule has 0 radical (unpaired) electrons. The van der Waals surface area contributed by atoms with Crippen molar-refractivity contribution >= 4 is 40.5 Å². The quantitative estimate of drug-likeness (QED) is 0.566. The van der Waals surface area contributed by atoms with Gasteiger partial charge in [-0.15, -0.1) is 0 Å². The molecule has 98 valence electrons. The fourth-order valence-corrected chi connectivity index (χ4v) is 2.05. The maximum Gasteiger partial charge on any atom is 0.313 e. The lowest BCUT2D eigenvalue weighted by atomic mass is 10.3.